The molecule has 1 fully saturated rings. The van der Waals surface area contributed by atoms with Crippen LogP contribution in [0.3, 0.4) is 0 Å². The van der Waals surface area contributed by atoms with E-state index in [-0.39, 0.29) is 30.7 Å². The topological polar surface area (TPSA) is 80.8 Å². The molecule has 2 amide bonds. The number of nitrogens with zero attached hydrogens (tertiary/aromatic N) is 2. The van der Waals surface area contributed by atoms with Gasteiger partial charge in [-0.2, -0.15) is 0 Å². The van der Waals surface area contributed by atoms with Crippen molar-refractivity contribution in [3.05, 3.63) is 35.3 Å². The number of carbonyl (C=O) groups is 2. The van der Waals surface area contributed by atoms with Gasteiger partial charge in [0.1, 0.15) is 0 Å². The van der Waals surface area contributed by atoms with E-state index in [0.717, 1.165) is 31.2 Å². The highest BCUT2D eigenvalue weighted by atomic mass is 32.1. The van der Waals surface area contributed by atoms with Gasteiger partial charge >= 0.3 is 0 Å². The van der Waals surface area contributed by atoms with Gasteiger partial charge in [0.05, 0.1) is 20.8 Å². The van der Waals surface area contributed by atoms with Crippen molar-refractivity contribution in [2.45, 2.75) is 57.5 Å². The summed E-state index contributed by atoms with van der Waals surface area (Å²) in [5, 5.41) is 5.52. The Balaban J connectivity index is 1.63. The van der Waals surface area contributed by atoms with Crippen molar-refractivity contribution < 1.29 is 19.1 Å². The van der Waals surface area contributed by atoms with Crippen LogP contribution in [0, 0.1) is 0 Å². The van der Waals surface area contributed by atoms with Crippen LogP contribution in [0.1, 0.15) is 50.5 Å². The number of anilines is 1. The predicted molar refractivity (Wildman–Crippen MR) is 117 cm³/mol. The van der Waals surface area contributed by atoms with E-state index in [0.29, 0.717) is 23.2 Å². The van der Waals surface area contributed by atoms with Gasteiger partial charge in [-0.05, 0) is 30.5 Å². The summed E-state index contributed by atoms with van der Waals surface area (Å²) in [6, 6.07) is 5.81. The lowest BCUT2D eigenvalue weighted by Gasteiger charge is -2.23. The molecule has 8 heteroatoms. The molecule has 0 spiro atoms. The van der Waals surface area contributed by atoms with E-state index < -0.39 is 0 Å². The summed E-state index contributed by atoms with van der Waals surface area (Å²) in [6.07, 6.45) is 7.62. The van der Waals surface area contributed by atoms with E-state index in [1.807, 2.05) is 23.6 Å². The molecular weight excluding hydrogens is 402 g/mol. The Bertz CT molecular complexity index is 835. The van der Waals surface area contributed by atoms with Crippen LogP contribution in [-0.2, 0) is 16.1 Å². The molecule has 0 bridgehead atoms. The molecule has 1 aliphatic carbocycles. The third-order valence-electron chi connectivity index (χ3n) is 5.28. The third-order valence-corrected chi connectivity index (χ3v) is 6.07. The average Bonchev–Trinajstić information content (AvgIpc) is 3.31. The predicted octanol–water partition coefficient (Wildman–Crippen LogP) is 3.92. The van der Waals surface area contributed by atoms with Gasteiger partial charge in [-0.25, -0.2) is 4.98 Å². The summed E-state index contributed by atoms with van der Waals surface area (Å²) in [5.41, 5.74) is 0.892. The van der Waals surface area contributed by atoms with E-state index in [1.54, 1.807) is 25.3 Å². The van der Waals surface area contributed by atoms with Crippen molar-refractivity contribution >= 4 is 28.3 Å². The van der Waals surface area contributed by atoms with Crippen LogP contribution in [0.15, 0.2) is 29.8 Å². The van der Waals surface area contributed by atoms with Crippen LogP contribution in [0.2, 0.25) is 0 Å². The largest absolute Gasteiger partial charge is 0.493 e. The molecule has 3 rings (SSSR count). The maximum Gasteiger partial charge on any atom is 0.229 e. The third kappa shape index (κ3) is 5.95. The smallest absolute Gasteiger partial charge is 0.229 e. The summed E-state index contributed by atoms with van der Waals surface area (Å²) in [6.45, 7) is 0.344. The van der Waals surface area contributed by atoms with Gasteiger partial charge in [-0.1, -0.05) is 25.3 Å². The minimum Gasteiger partial charge on any atom is -0.493 e. The number of benzene rings is 1. The number of hydrogen-bond donors (Lipinski definition) is 1. The lowest BCUT2D eigenvalue weighted by molar-refractivity contribution is -0.125. The van der Waals surface area contributed by atoms with Crippen LogP contribution in [0.4, 0.5) is 5.13 Å². The number of thiazole rings is 1. The maximum absolute atomic E-state index is 13.0. The Morgan fingerprint density at radius 1 is 1.13 bits per heavy atom. The van der Waals surface area contributed by atoms with Gasteiger partial charge in [0.15, 0.2) is 16.6 Å². The lowest BCUT2D eigenvalue weighted by atomic mass is 9.95. The van der Waals surface area contributed by atoms with Gasteiger partial charge in [0, 0.05) is 30.5 Å². The highest BCUT2D eigenvalue weighted by Gasteiger charge is 2.21. The van der Waals surface area contributed by atoms with E-state index >= 15 is 0 Å². The van der Waals surface area contributed by atoms with Gasteiger partial charge < -0.3 is 14.8 Å². The fourth-order valence-corrected chi connectivity index (χ4v) is 4.33. The van der Waals surface area contributed by atoms with Crippen LogP contribution < -0.4 is 19.7 Å². The number of aromatic nitrogens is 1. The highest BCUT2D eigenvalue weighted by molar-refractivity contribution is 7.13. The summed E-state index contributed by atoms with van der Waals surface area (Å²) in [4.78, 5) is 31.2. The van der Waals surface area contributed by atoms with Crippen molar-refractivity contribution in [3.63, 3.8) is 0 Å². The SMILES string of the molecule is COc1ccc(CN(C(=O)CCC(=O)NC2CCCCC2)c2nccs2)cc1OC. The zero-order valence-corrected chi connectivity index (χ0v) is 18.4. The Labute approximate surface area is 181 Å². The standard InChI is InChI=1S/C22H29N3O4S/c1-28-18-9-8-16(14-19(18)29-2)15-25(22-23-12-13-30-22)21(27)11-10-20(26)24-17-6-4-3-5-7-17/h8-9,12-14,17H,3-7,10-11,15H2,1-2H3,(H,24,26). The fourth-order valence-electron chi connectivity index (χ4n) is 3.68. The van der Waals surface area contributed by atoms with E-state index in [1.165, 1.54) is 17.8 Å². The average molecular weight is 432 g/mol. The normalized spacial score (nSPS) is 14.2. The number of hydrogen-bond acceptors (Lipinski definition) is 6. The Morgan fingerprint density at radius 3 is 2.57 bits per heavy atom. The maximum atomic E-state index is 13.0. The molecule has 1 saturated carbocycles. The monoisotopic (exact) mass is 431 g/mol. The van der Waals surface area contributed by atoms with Crippen molar-refractivity contribution in [2.24, 2.45) is 0 Å². The van der Waals surface area contributed by atoms with Gasteiger partial charge in [-0.15, -0.1) is 11.3 Å². The van der Waals surface area contributed by atoms with E-state index in [9.17, 15) is 9.59 Å². The molecule has 162 valence electrons. The molecule has 0 radical (unpaired) electrons. The molecule has 0 aliphatic heterocycles. The summed E-state index contributed by atoms with van der Waals surface area (Å²) in [5.74, 6) is 1.06. The minimum atomic E-state index is -0.126. The second-order valence-corrected chi connectivity index (χ2v) is 8.26. The first-order valence-corrected chi connectivity index (χ1v) is 11.2. The van der Waals surface area contributed by atoms with Gasteiger partial charge in [0.2, 0.25) is 11.8 Å². The second kappa shape index (κ2) is 11.0. The number of ether oxygens (including phenoxy) is 2. The fraction of sp³-hybridized carbons (Fsp3) is 0.500. The minimum absolute atomic E-state index is 0.0551. The molecule has 30 heavy (non-hydrogen) atoms. The number of amides is 2. The molecule has 0 atom stereocenters. The van der Waals surface area contributed by atoms with Crippen LogP contribution in [0.25, 0.3) is 0 Å². The molecule has 1 aliphatic rings. The number of methoxy groups -OCH3 is 2. The Morgan fingerprint density at radius 2 is 1.90 bits per heavy atom. The van der Waals surface area contributed by atoms with Crippen molar-refractivity contribution in [3.8, 4) is 11.5 Å². The molecule has 2 aromatic rings. The van der Waals surface area contributed by atoms with E-state index in [4.69, 9.17) is 9.47 Å². The van der Waals surface area contributed by atoms with Crippen molar-refractivity contribution in [1.29, 1.82) is 0 Å². The zero-order valence-electron chi connectivity index (χ0n) is 17.6. The molecule has 1 N–H and O–H groups in total. The molecule has 1 aromatic carbocycles. The molecule has 0 unspecified atom stereocenters. The molecule has 1 heterocycles. The van der Waals surface area contributed by atoms with Crippen LogP contribution in [-0.4, -0.2) is 37.1 Å². The molecule has 7 nitrogen and oxygen atoms in total. The zero-order chi connectivity index (χ0) is 21.3. The Hall–Kier alpha value is -2.61. The Kier molecular flexibility index (Phi) is 8.07. The van der Waals surface area contributed by atoms with Crippen LogP contribution in [0.5, 0.6) is 11.5 Å². The second-order valence-electron chi connectivity index (χ2n) is 7.39. The quantitative estimate of drug-likeness (QED) is 0.651. The first-order valence-electron chi connectivity index (χ1n) is 10.3. The highest BCUT2D eigenvalue weighted by Crippen LogP contribution is 2.29. The lowest BCUT2D eigenvalue weighted by Crippen LogP contribution is -2.37. The first-order chi connectivity index (χ1) is 14.6. The van der Waals surface area contributed by atoms with E-state index in [2.05, 4.69) is 10.3 Å². The first kappa shape index (κ1) is 22.1. The number of nitrogens with one attached hydrogen (secondary N) is 1. The van der Waals surface area contributed by atoms with Crippen molar-refractivity contribution in [1.82, 2.24) is 10.3 Å². The van der Waals surface area contributed by atoms with Gasteiger partial charge in [0.25, 0.3) is 0 Å². The van der Waals surface area contributed by atoms with Crippen molar-refractivity contribution in [2.75, 3.05) is 19.1 Å². The summed E-state index contributed by atoms with van der Waals surface area (Å²) in [7, 11) is 3.16. The number of carbonyl (C=O) groups excluding carboxylic acids is 2. The number of rotatable bonds is 9. The summed E-state index contributed by atoms with van der Waals surface area (Å²) >= 11 is 1.40. The molecule has 1 aromatic heterocycles. The molecular formula is C22H29N3O4S. The van der Waals surface area contributed by atoms with Gasteiger partial charge in [-0.3, -0.25) is 14.5 Å². The van der Waals surface area contributed by atoms with Crippen LogP contribution >= 0.6 is 11.3 Å². The molecule has 0 saturated heterocycles. The summed E-state index contributed by atoms with van der Waals surface area (Å²) < 4.78 is 10.6.